The van der Waals surface area contributed by atoms with Crippen molar-refractivity contribution in [2.75, 3.05) is 5.32 Å². The third kappa shape index (κ3) is 4.36. The molecule has 1 heterocycles. The first-order valence-electron chi connectivity index (χ1n) is 7.81. The van der Waals surface area contributed by atoms with Crippen LogP contribution in [0.5, 0.6) is 0 Å². The molecule has 0 radical (unpaired) electrons. The van der Waals surface area contributed by atoms with E-state index >= 15 is 0 Å². The van der Waals surface area contributed by atoms with Crippen molar-refractivity contribution in [1.82, 2.24) is 4.98 Å². The van der Waals surface area contributed by atoms with Crippen LogP contribution in [0.2, 0.25) is 5.02 Å². The van der Waals surface area contributed by atoms with Crippen molar-refractivity contribution in [3.8, 4) is 0 Å². The van der Waals surface area contributed by atoms with E-state index in [1.54, 1.807) is 66.9 Å². The highest BCUT2D eigenvalue weighted by Gasteiger charge is 2.20. The number of nitrogens with zero attached hydrogens (tertiary/aromatic N) is 1. The summed E-state index contributed by atoms with van der Waals surface area (Å²) in [4.78, 5) is 28.5. The SMILES string of the molecule is O=C(Nc1cc(C(Br)C(=O)c2cccc(Cl)c2)ccn1)c1ccccc1. The van der Waals surface area contributed by atoms with Gasteiger partial charge < -0.3 is 5.32 Å². The number of amides is 1. The van der Waals surface area contributed by atoms with Gasteiger partial charge in [0.15, 0.2) is 5.78 Å². The Morgan fingerprint density at radius 1 is 0.962 bits per heavy atom. The summed E-state index contributed by atoms with van der Waals surface area (Å²) in [6.07, 6.45) is 1.55. The predicted octanol–water partition coefficient (Wildman–Crippen LogP) is 5.31. The van der Waals surface area contributed by atoms with Gasteiger partial charge in [-0.2, -0.15) is 0 Å². The standard InChI is InChI=1S/C20H14BrClN2O2/c21-18(19(25)15-7-4-8-16(22)11-15)14-9-10-23-17(12-14)24-20(26)13-5-2-1-3-6-13/h1-12,18H,(H,23,24,26). The number of benzene rings is 2. The summed E-state index contributed by atoms with van der Waals surface area (Å²) < 4.78 is 0. The van der Waals surface area contributed by atoms with Gasteiger partial charge in [-0.25, -0.2) is 4.98 Å². The Kier molecular flexibility index (Phi) is 5.81. The number of pyridine rings is 1. The van der Waals surface area contributed by atoms with Gasteiger partial charge in [0.05, 0.1) is 0 Å². The molecule has 1 unspecified atom stereocenters. The number of nitrogens with one attached hydrogen (secondary N) is 1. The highest BCUT2D eigenvalue weighted by Crippen LogP contribution is 2.29. The van der Waals surface area contributed by atoms with Gasteiger partial charge in [-0.15, -0.1) is 0 Å². The monoisotopic (exact) mass is 428 g/mol. The van der Waals surface area contributed by atoms with Gasteiger partial charge in [0.2, 0.25) is 0 Å². The van der Waals surface area contributed by atoms with Crippen LogP contribution in [0.4, 0.5) is 5.82 Å². The molecule has 0 spiro atoms. The van der Waals surface area contributed by atoms with Crippen LogP contribution in [0.25, 0.3) is 0 Å². The summed E-state index contributed by atoms with van der Waals surface area (Å²) >= 11 is 9.38. The van der Waals surface area contributed by atoms with Gasteiger partial charge in [-0.1, -0.05) is 57.9 Å². The zero-order chi connectivity index (χ0) is 18.5. The fourth-order valence-corrected chi connectivity index (χ4v) is 3.13. The average Bonchev–Trinajstić information content (AvgIpc) is 2.67. The lowest BCUT2D eigenvalue weighted by Gasteiger charge is -2.11. The first-order valence-corrected chi connectivity index (χ1v) is 9.10. The van der Waals surface area contributed by atoms with Gasteiger partial charge in [-0.05, 0) is 42.0 Å². The fraction of sp³-hybridized carbons (Fsp3) is 0.0500. The number of rotatable bonds is 5. The smallest absolute Gasteiger partial charge is 0.256 e. The minimum Gasteiger partial charge on any atom is -0.307 e. The number of ketones is 1. The van der Waals surface area contributed by atoms with Crippen molar-refractivity contribution in [2.45, 2.75) is 4.83 Å². The molecular weight excluding hydrogens is 416 g/mol. The molecule has 0 bridgehead atoms. The first kappa shape index (κ1) is 18.3. The van der Waals surface area contributed by atoms with Gasteiger partial charge in [0, 0.05) is 22.3 Å². The Bertz CT molecular complexity index is 947. The number of halogens is 2. The number of hydrogen-bond acceptors (Lipinski definition) is 3. The van der Waals surface area contributed by atoms with E-state index in [0.29, 0.717) is 27.5 Å². The molecule has 1 amide bonds. The summed E-state index contributed by atoms with van der Waals surface area (Å²) in [6, 6.07) is 19.0. The van der Waals surface area contributed by atoms with E-state index in [-0.39, 0.29) is 11.7 Å². The molecule has 0 saturated heterocycles. The number of carbonyl (C=O) groups is 2. The van der Waals surface area contributed by atoms with Crippen LogP contribution in [0.1, 0.15) is 31.1 Å². The Labute approximate surface area is 164 Å². The summed E-state index contributed by atoms with van der Waals surface area (Å²) in [7, 11) is 0. The minimum absolute atomic E-state index is 0.126. The normalized spacial score (nSPS) is 11.6. The van der Waals surface area contributed by atoms with Crippen LogP contribution in [0.3, 0.4) is 0 Å². The van der Waals surface area contributed by atoms with E-state index in [0.717, 1.165) is 0 Å². The second-order valence-corrected chi connectivity index (χ2v) is 6.88. The molecule has 0 saturated carbocycles. The van der Waals surface area contributed by atoms with Gasteiger partial charge in [-0.3, -0.25) is 9.59 Å². The van der Waals surface area contributed by atoms with Crippen molar-refractivity contribution in [1.29, 1.82) is 0 Å². The quantitative estimate of drug-likeness (QED) is 0.442. The number of hydrogen-bond donors (Lipinski definition) is 1. The van der Waals surface area contributed by atoms with Crippen LogP contribution >= 0.6 is 27.5 Å². The summed E-state index contributed by atoms with van der Waals surface area (Å²) in [5.74, 6) is -0.0127. The van der Waals surface area contributed by atoms with E-state index in [2.05, 4.69) is 26.2 Å². The Hall–Kier alpha value is -2.50. The minimum atomic E-state index is -0.573. The third-order valence-electron chi connectivity index (χ3n) is 3.69. The van der Waals surface area contributed by atoms with E-state index in [9.17, 15) is 9.59 Å². The molecule has 2 aromatic carbocycles. The van der Waals surface area contributed by atoms with Crippen molar-refractivity contribution >= 4 is 45.0 Å². The highest BCUT2D eigenvalue weighted by molar-refractivity contribution is 9.09. The molecule has 26 heavy (non-hydrogen) atoms. The lowest BCUT2D eigenvalue weighted by Crippen LogP contribution is -2.13. The number of aromatic nitrogens is 1. The molecule has 1 aromatic heterocycles. The lowest BCUT2D eigenvalue weighted by atomic mass is 10.0. The molecule has 0 aliphatic heterocycles. The van der Waals surface area contributed by atoms with Crippen LogP contribution in [-0.2, 0) is 0 Å². The highest BCUT2D eigenvalue weighted by atomic mass is 79.9. The number of Topliss-reactive ketones (excluding diaryl/α,β-unsaturated/α-hetero) is 1. The van der Waals surface area contributed by atoms with Gasteiger partial charge >= 0.3 is 0 Å². The van der Waals surface area contributed by atoms with Gasteiger partial charge in [0.25, 0.3) is 5.91 Å². The molecule has 1 atom stereocenters. The fourth-order valence-electron chi connectivity index (χ4n) is 2.39. The molecular formula is C20H14BrClN2O2. The van der Waals surface area contributed by atoms with Crippen LogP contribution in [-0.4, -0.2) is 16.7 Å². The maximum absolute atomic E-state index is 12.6. The van der Waals surface area contributed by atoms with Crippen LogP contribution < -0.4 is 5.32 Å². The summed E-state index contributed by atoms with van der Waals surface area (Å²) in [5, 5.41) is 3.24. The maximum Gasteiger partial charge on any atom is 0.256 e. The number of anilines is 1. The molecule has 0 aliphatic rings. The van der Waals surface area contributed by atoms with Crippen molar-refractivity contribution in [3.63, 3.8) is 0 Å². The molecule has 6 heteroatoms. The topological polar surface area (TPSA) is 59.1 Å². The molecule has 130 valence electrons. The molecule has 3 rings (SSSR count). The van der Waals surface area contributed by atoms with E-state index in [4.69, 9.17) is 11.6 Å². The van der Waals surface area contributed by atoms with Crippen molar-refractivity contribution < 1.29 is 9.59 Å². The largest absolute Gasteiger partial charge is 0.307 e. The number of alkyl halides is 1. The van der Waals surface area contributed by atoms with Gasteiger partial charge in [0.1, 0.15) is 10.6 Å². The predicted molar refractivity (Wildman–Crippen MR) is 106 cm³/mol. The second-order valence-electron chi connectivity index (χ2n) is 5.53. The first-order chi connectivity index (χ1) is 12.5. The Balaban J connectivity index is 1.78. The zero-order valence-electron chi connectivity index (χ0n) is 13.5. The van der Waals surface area contributed by atoms with Crippen LogP contribution in [0.15, 0.2) is 72.9 Å². The summed E-state index contributed by atoms with van der Waals surface area (Å²) in [6.45, 7) is 0. The zero-order valence-corrected chi connectivity index (χ0v) is 15.9. The average molecular weight is 430 g/mol. The molecule has 4 nitrogen and oxygen atoms in total. The lowest BCUT2D eigenvalue weighted by molar-refractivity contribution is 0.0990. The van der Waals surface area contributed by atoms with Crippen LogP contribution in [0, 0.1) is 0 Å². The Morgan fingerprint density at radius 3 is 2.42 bits per heavy atom. The number of carbonyl (C=O) groups excluding carboxylic acids is 2. The molecule has 0 fully saturated rings. The van der Waals surface area contributed by atoms with E-state index < -0.39 is 4.83 Å². The van der Waals surface area contributed by atoms with E-state index in [1.165, 1.54) is 0 Å². The van der Waals surface area contributed by atoms with Crippen molar-refractivity contribution in [2.24, 2.45) is 0 Å². The molecule has 1 N–H and O–H groups in total. The Morgan fingerprint density at radius 2 is 1.69 bits per heavy atom. The molecule has 0 aliphatic carbocycles. The molecule has 3 aromatic rings. The van der Waals surface area contributed by atoms with Crippen molar-refractivity contribution in [3.05, 3.63) is 94.6 Å². The third-order valence-corrected chi connectivity index (χ3v) is 4.87. The maximum atomic E-state index is 12.6. The second kappa shape index (κ2) is 8.25. The van der Waals surface area contributed by atoms with E-state index in [1.807, 2.05) is 6.07 Å². The summed E-state index contributed by atoms with van der Waals surface area (Å²) in [5.41, 5.74) is 1.73.